The molecule has 43 heavy (non-hydrogen) atoms. The maximum absolute atomic E-state index is 4.44. The summed E-state index contributed by atoms with van der Waals surface area (Å²) in [7, 11) is 0. The maximum atomic E-state index is 4.44. The number of benzene rings is 2. The Labute approximate surface area is 284 Å². The molecular weight excluding hydrogens is 876 g/mol. The molecule has 3 aromatic heterocycles. The van der Waals surface area contributed by atoms with E-state index < -0.39 is 0 Å². The van der Waals surface area contributed by atoms with Gasteiger partial charge >= 0.3 is 5.82 Å². The Kier molecular flexibility index (Phi) is 19.3. The van der Waals surface area contributed by atoms with Gasteiger partial charge < -0.3 is 0 Å². The van der Waals surface area contributed by atoms with Crippen molar-refractivity contribution in [3.05, 3.63) is 128 Å². The Morgan fingerprint density at radius 2 is 1.23 bits per heavy atom. The van der Waals surface area contributed by atoms with Crippen LogP contribution in [0.2, 0.25) is 0 Å². The molecule has 5 rings (SSSR count). The third kappa shape index (κ3) is 13.1. The van der Waals surface area contributed by atoms with Gasteiger partial charge in [-0.2, -0.15) is 46.1 Å². The number of aromatic nitrogens is 4. The number of nitrogens with zero attached hydrogens (tertiary/aromatic N) is 8. The van der Waals surface area contributed by atoms with E-state index in [2.05, 4.69) is 69.6 Å². The fourth-order valence-electron chi connectivity index (χ4n) is 3.72. The molecule has 0 N–H and O–H groups in total. The number of hydrogen-bond donors (Lipinski definition) is 0. The molecule has 0 aliphatic rings. The fourth-order valence-corrected chi connectivity index (χ4v) is 3.72. The third-order valence-corrected chi connectivity index (χ3v) is 5.67. The first-order valence-electron chi connectivity index (χ1n) is 14.1. The number of rotatable bonds is 10. The molecule has 0 spiro atoms. The molecule has 8 nitrogen and oxygen atoms in total. The van der Waals surface area contributed by atoms with E-state index in [1.54, 1.807) is 0 Å². The quantitative estimate of drug-likeness (QED) is 0.0808. The maximum Gasteiger partial charge on any atom is 0.350 e. The van der Waals surface area contributed by atoms with Crippen LogP contribution in [-0.2, 0) is 68.3 Å². The monoisotopic (exact) mass is 915 g/mol. The first-order chi connectivity index (χ1) is 20.3. The van der Waals surface area contributed by atoms with Gasteiger partial charge in [0, 0.05) is 60.0 Å². The molecule has 0 amide bonds. The topological polar surface area (TPSA) is 66.0 Å². The second-order valence-electron chi connectivity index (χ2n) is 8.36. The second kappa shape index (κ2) is 22.1. The van der Waals surface area contributed by atoms with Crippen molar-refractivity contribution in [2.45, 2.75) is 53.9 Å². The molecular formula is C33H39N8W2+. The summed E-state index contributed by atoms with van der Waals surface area (Å²) in [6.07, 6.45) is 12.4. The van der Waals surface area contributed by atoms with Crippen molar-refractivity contribution in [1.29, 1.82) is 0 Å². The molecule has 0 unspecified atom stereocenters. The summed E-state index contributed by atoms with van der Waals surface area (Å²) in [4.78, 5) is 0. The van der Waals surface area contributed by atoms with Crippen LogP contribution in [0.15, 0.2) is 137 Å². The second-order valence-corrected chi connectivity index (χ2v) is 8.36. The van der Waals surface area contributed by atoms with E-state index in [1.165, 1.54) is 0 Å². The molecule has 0 aliphatic carbocycles. The third-order valence-electron chi connectivity index (χ3n) is 5.67. The predicted molar refractivity (Wildman–Crippen MR) is 160 cm³/mol. The first-order valence-corrected chi connectivity index (χ1v) is 14.1. The zero-order chi connectivity index (χ0) is 29.1. The fraction of sp³-hybridized carbons (Fsp3) is 0.242. The van der Waals surface area contributed by atoms with Crippen LogP contribution in [0.25, 0.3) is 0 Å². The van der Waals surface area contributed by atoms with E-state index in [-0.39, 0.29) is 42.1 Å². The minimum absolute atomic E-state index is 0. The van der Waals surface area contributed by atoms with Gasteiger partial charge in [0.2, 0.25) is 6.33 Å². The molecule has 5 aromatic rings. The molecule has 10 heteroatoms. The number of imidazole rings is 1. The molecule has 0 aliphatic heterocycles. The van der Waals surface area contributed by atoms with E-state index in [0.29, 0.717) is 0 Å². The average Bonchev–Trinajstić information content (AvgIpc) is 3.52. The average molecular weight is 915 g/mol. The molecule has 222 valence electrons. The number of azo groups is 2. The van der Waals surface area contributed by atoms with Crippen molar-refractivity contribution in [3.63, 3.8) is 0 Å². The summed E-state index contributed by atoms with van der Waals surface area (Å²) in [5.74, 6) is 0.814. The Hall–Kier alpha value is -3.47. The summed E-state index contributed by atoms with van der Waals surface area (Å²) in [6, 6.07) is 30.7. The minimum atomic E-state index is 0. The Morgan fingerprint density at radius 3 is 1.91 bits per heavy atom. The van der Waals surface area contributed by atoms with E-state index >= 15 is 0 Å². The summed E-state index contributed by atoms with van der Waals surface area (Å²) in [5, 5.41) is 17.4. The van der Waals surface area contributed by atoms with Gasteiger partial charge in [0.05, 0.1) is 11.3 Å². The van der Waals surface area contributed by atoms with Gasteiger partial charge in [-0.1, -0.05) is 38.9 Å². The van der Waals surface area contributed by atoms with Gasteiger partial charge in [0.15, 0.2) is 18.9 Å². The zero-order valence-electron chi connectivity index (χ0n) is 25.2. The number of aryl methyl sites for hydroxylation is 4. The molecule has 3 heterocycles. The predicted octanol–water partition coefficient (Wildman–Crippen LogP) is 7.23. The van der Waals surface area contributed by atoms with Gasteiger partial charge in [0.1, 0.15) is 37.7 Å². The Bertz CT molecular complexity index is 1490. The first kappa shape index (κ1) is 37.6. The van der Waals surface area contributed by atoms with Crippen LogP contribution in [0, 0.1) is 12.1 Å². The van der Waals surface area contributed by atoms with Gasteiger partial charge in [0.25, 0.3) is 0 Å². The van der Waals surface area contributed by atoms with Crippen molar-refractivity contribution in [1.82, 2.24) is 4.57 Å². The van der Waals surface area contributed by atoms with Gasteiger partial charge in [-0.05, 0) is 17.8 Å². The van der Waals surface area contributed by atoms with Gasteiger partial charge in [-0.15, -0.1) is 29.4 Å². The van der Waals surface area contributed by atoms with Crippen molar-refractivity contribution in [2.75, 3.05) is 0 Å². The van der Waals surface area contributed by atoms with Crippen LogP contribution in [0.5, 0.6) is 0 Å². The van der Waals surface area contributed by atoms with E-state index in [9.17, 15) is 0 Å². The molecule has 0 bridgehead atoms. The largest absolute Gasteiger partial charge is 0.350 e. The summed E-state index contributed by atoms with van der Waals surface area (Å²) in [6.45, 7) is 11.3. The molecule has 0 fully saturated rings. The van der Waals surface area contributed by atoms with Crippen LogP contribution in [-0.4, -0.2) is 4.57 Å². The van der Waals surface area contributed by atoms with Crippen molar-refractivity contribution in [2.24, 2.45) is 20.5 Å². The van der Waals surface area contributed by atoms with Crippen molar-refractivity contribution >= 4 is 22.9 Å². The smallest absolute Gasteiger partial charge is 0.233 e. The van der Waals surface area contributed by atoms with E-state index in [1.807, 2.05) is 125 Å². The van der Waals surface area contributed by atoms with E-state index in [4.69, 9.17) is 0 Å². The number of pyridine rings is 2. The molecule has 0 atom stereocenters. The van der Waals surface area contributed by atoms with E-state index in [0.717, 1.165) is 49.1 Å². The van der Waals surface area contributed by atoms with Crippen LogP contribution in [0.1, 0.15) is 27.7 Å². The summed E-state index contributed by atoms with van der Waals surface area (Å²) >= 11 is 0. The summed E-state index contributed by atoms with van der Waals surface area (Å²) in [5.41, 5.74) is 2.43. The molecule has 0 saturated carbocycles. The minimum Gasteiger partial charge on any atom is -0.233 e. The van der Waals surface area contributed by atoms with Gasteiger partial charge in [-0.3, -0.25) is 0 Å². The normalized spacial score (nSPS) is 10.1. The molecule has 0 saturated heterocycles. The SMILES string of the molecule is CC.CC.[W].[W].[c-]1ccc(N=Nc2ccc[n+](CCn3cc[n+](CC[n+]4ccccc4N=Nc4cc[c-]cc4)c3)c2)cc1. The van der Waals surface area contributed by atoms with Crippen LogP contribution in [0.3, 0.4) is 0 Å². The standard InChI is InChI=1S/C29H27N8.2C2H6.2W/c1-3-10-26(11-4-1)30-32-28-14-9-16-34(24-28)18-19-35-20-21-36(25-35)22-23-37-17-8-7-15-29(37)33-31-27-12-5-2-6-13-27;2*1-2;;/h3-17,20-21,24-25H,18-19,22-23H2;2*1-2H3;;/q+1;;;;. The number of hydrogen-bond acceptors (Lipinski definition) is 4. The van der Waals surface area contributed by atoms with Crippen LogP contribution >= 0.6 is 0 Å². The Morgan fingerprint density at radius 1 is 0.605 bits per heavy atom. The molecule has 0 radical (unpaired) electrons. The van der Waals surface area contributed by atoms with Crippen molar-refractivity contribution in [3.8, 4) is 0 Å². The van der Waals surface area contributed by atoms with Crippen LogP contribution in [0.4, 0.5) is 22.9 Å². The summed E-state index contributed by atoms with van der Waals surface area (Å²) < 4.78 is 8.59. The van der Waals surface area contributed by atoms with Crippen LogP contribution < -0.4 is 13.7 Å². The van der Waals surface area contributed by atoms with Gasteiger partial charge in [-0.25, -0.2) is 13.7 Å². The Balaban J connectivity index is 0.00000148. The van der Waals surface area contributed by atoms with Crippen molar-refractivity contribution < 1.29 is 55.8 Å². The zero-order valence-corrected chi connectivity index (χ0v) is 31.1. The molecule has 2 aromatic carbocycles.